The lowest BCUT2D eigenvalue weighted by atomic mass is 10.1. The van der Waals surface area contributed by atoms with Crippen molar-refractivity contribution >= 4 is 11.6 Å². The van der Waals surface area contributed by atoms with Gasteiger partial charge >= 0.3 is 0 Å². The second kappa shape index (κ2) is 9.34. The first kappa shape index (κ1) is 18.4. The Balaban J connectivity index is 1.31. The Hall–Kier alpha value is -2.40. The summed E-state index contributed by atoms with van der Waals surface area (Å²) in [5, 5.41) is 3.01. The van der Waals surface area contributed by atoms with Crippen LogP contribution in [-0.2, 0) is 11.2 Å². The number of aryl methyl sites for hydroxylation is 1. The number of anilines is 1. The van der Waals surface area contributed by atoms with Crippen LogP contribution in [0, 0.1) is 5.82 Å². The van der Waals surface area contributed by atoms with Crippen LogP contribution in [0.25, 0.3) is 0 Å². The highest BCUT2D eigenvalue weighted by Gasteiger charge is 2.17. The molecule has 0 saturated carbocycles. The molecule has 2 aromatic rings. The third-order valence-corrected chi connectivity index (χ3v) is 4.80. The van der Waals surface area contributed by atoms with Gasteiger partial charge in [0, 0.05) is 51.4 Å². The molecule has 4 nitrogen and oxygen atoms in total. The number of piperazine rings is 1. The van der Waals surface area contributed by atoms with Gasteiger partial charge < -0.3 is 10.2 Å². The first-order chi connectivity index (χ1) is 12.7. The molecule has 1 saturated heterocycles. The molecule has 2 aromatic carbocycles. The van der Waals surface area contributed by atoms with Crippen LogP contribution >= 0.6 is 0 Å². The van der Waals surface area contributed by atoms with E-state index < -0.39 is 0 Å². The summed E-state index contributed by atoms with van der Waals surface area (Å²) in [6.07, 6.45) is 1.31. The lowest BCUT2D eigenvalue weighted by Gasteiger charge is -2.36. The lowest BCUT2D eigenvalue weighted by Crippen LogP contribution is -2.48. The quantitative estimate of drug-likeness (QED) is 0.829. The Morgan fingerprint density at radius 1 is 0.962 bits per heavy atom. The highest BCUT2D eigenvalue weighted by molar-refractivity contribution is 5.76. The Labute approximate surface area is 154 Å². The molecule has 1 aliphatic heterocycles. The summed E-state index contributed by atoms with van der Waals surface area (Å²) in [6.45, 7) is 5.31. The molecule has 0 bridgehead atoms. The van der Waals surface area contributed by atoms with Crippen LogP contribution in [0.15, 0.2) is 54.6 Å². The fourth-order valence-electron chi connectivity index (χ4n) is 3.23. The van der Waals surface area contributed by atoms with Gasteiger partial charge in [-0.1, -0.05) is 30.3 Å². The summed E-state index contributed by atoms with van der Waals surface area (Å²) >= 11 is 0. The largest absolute Gasteiger partial charge is 0.369 e. The SMILES string of the molecule is O=C(CCc1ccccc1)NCCN1CCN(c2ccc(F)cc2)CC1. The molecule has 1 fully saturated rings. The number of nitrogens with one attached hydrogen (secondary N) is 1. The fraction of sp³-hybridized carbons (Fsp3) is 0.381. The monoisotopic (exact) mass is 355 g/mol. The first-order valence-electron chi connectivity index (χ1n) is 9.24. The number of rotatable bonds is 7. The number of carbonyl (C=O) groups is 1. The number of halogens is 1. The van der Waals surface area contributed by atoms with E-state index in [1.54, 1.807) is 0 Å². The van der Waals surface area contributed by atoms with Gasteiger partial charge in [-0.2, -0.15) is 0 Å². The summed E-state index contributed by atoms with van der Waals surface area (Å²) in [4.78, 5) is 16.6. The van der Waals surface area contributed by atoms with E-state index in [1.807, 2.05) is 42.5 Å². The molecular weight excluding hydrogens is 329 g/mol. The van der Waals surface area contributed by atoms with Crippen LogP contribution in [-0.4, -0.2) is 50.1 Å². The zero-order valence-corrected chi connectivity index (χ0v) is 15.0. The highest BCUT2D eigenvalue weighted by Crippen LogP contribution is 2.16. The maximum absolute atomic E-state index is 13.0. The van der Waals surface area contributed by atoms with Crippen LogP contribution in [0.2, 0.25) is 0 Å². The van der Waals surface area contributed by atoms with E-state index in [0.717, 1.165) is 44.8 Å². The molecular formula is C21H26FN3O. The second-order valence-electron chi connectivity index (χ2n) is 6.64. The minimum Gasteiger partial charge on any atom is -0.369 e. The van der Waals surface area contributed by atoms with Crippen molar-refractivity contribution in [3.05, 3.63) is 66.0 Å². The van der Waals surface area contributed by atoms with E-state index >= 15 is 0 Å². The van der Waals surface area contributed by atoms with Crippen molar-refractivity contribution in [3.63, 3.8) is 0 Å². The van der Waals surface area contributed by atoms with Crippen molar-refractivity contribution in [3.8, 4) is 0 Å². The number of amides is 1. The summed E-state index contributed by atoms with van der Waals surface area (Å²) in [7, 11) is 0. The first-order valence-corrected chi connectivity index (χ1v) is 9.24. The number of hydrogen-bond donors (Lipinski definition) is 1. The van der Waals surface area contributed by atoms with Gasteiger partial charge in [-0.25, -0.2) is 4.39 Å². The smallest absolute Gasteiger partial charge is 0.220 e. The van der Waals surface area contributed by atoms with Crippen molar-refractivity contribution in [2.45, 2.75) is 12.8 Å². The summed E-state index contributed by atoms with van der Waals surface area (Å²) in [5.74, 6) is -0.0887. The van der Waals surface area contributed by atoms with Gasteiger partial charge in [-0.15, -0.1) is 0 Å². The van der Waals surface area contributed by atoms with E-state index in [-0.39, 0.29) is 11.7 Å². The Morgan fingerprint density at radius 3 is 2.35 bits per heavy atom. The molecule has 0 atom stereocenters. The molecule has 1 N–H and O–H groups in total. The molecule has 1 aliphatic rings. The zero-order chi connectivity index (χ0) is 18.2. The third-order valence-electron chi connectivity index (χ3n) is 4.80. The maximum atomic E-state index is 13.0. The minimum absolute atomic E-state index is 0.110. The second-order valence-corrected chi connectivity index (χ2v) is 6.64. The van der Waals surface area contributed by atoms with Gasteiger partial charge in [0.2, 0.25) is 5.91 Å². The lowest BCUT2D eigenvalue weighted by molar-refractivity contribution is -0.121. The van der Waals surface area contributed by atoms with E-state index in [1.165, 1.54) is 17.7 Å². The molecule has 5 heteroatoms. The topological polar surface area (TPSA) is 35.6 Å². The molecule has 3 rings (SSSR count). The zero-order valence-electron chi connectivity index (χ0n) is 15.0. The minimum atomic E-state index is -0.199. The van der Waals surface area contributed by atoms with E-state index in [9.17, 15) is 9.18 Å². The standard InChI is InChI=1S/C21H26FN3O/c22-19-7-9-20(10-8-19)25-16-14-24(15-17-25)13-12-23-21(26)11-6-18-4-2-1-3-5-18/h1-5,7-10H,6,11-17H2,(H,23,26). The van der Waals surface area contributed by atoms with Crippen molar-refractivity contribution in [2.75, 3.05) is 44.2 Å². The van der Waals surface area contributed by atoms with E-state index in [0.29, 0.717) is 13.0 Å². The molecule has 138 valence electrons. The van der Waals surface area contributed by atoms with Crippen LogP contribution in [0.1, 0.15) is 12.0 Å². The van der Waals surface area contributed by atoms with Crippen molar-refractivity contribution < 1.29 is 9.18 Å². The Bertz CT molecular complexity index is 682. The molecule has 0 radical (unpaired) electrons. The molecule has 0 spiro atoms. The molecule has 26 heavy (non-hydrogen) atoms. The number of nitrogens with zero attached hydrogens (tertiary/aromatic N) is 2. The van der Waals surface area contributed by atoms with Gasteiger partial charge in [0.05, 0.1) is 0 Å². The van der Waals surface area contributed by atoms with Gasteiger partial charge in [-0.3, -0.25) is 9.69 Å². The van der Waals surface area contributed by atoms with Crippen molar-refractivity contribution in [2.24, 2.45) is 0 Å². The normalized spacial score (nSPS) is 15.0. The van der Waals surface area contributed by atoms with Crippen molar-refractivity contribution in [1.29, 1.82) is 0 Å². The molecule has 0 aromatic heterocycles. The number of hydrogen-bond acceptors (Lipinski definition) is 3. The van der Waals surface area contributed by atoms with Crippen LogP contribution in [0.3, 0.4) is 0 Å². The maximum Gasteiger partial charge on any atom is 0.220 e. The third kappa shape index (κ3) is 5.56. The average molecular weight is 355 g/mol. The number of carbonyl (C=O) groups excluding carboxylic acids is 1. The van der Waals surface area contributed by atoms with Gasteiger partial charge in [-0.05, 0) is 36.2 Å². The van der Waals surface area contributed by atoms with Crippen LogP contribution in [0.4, 0.5) is 10.1 Å². The molecule has 0 unspecified atom stereocenters. The average Bonchev–Trinajstić information content (AvgIpc) is 2.68. The molecule has 1 heterocycles. The predicted octanol–water partition coefficient (Wildman–Crippen LogP) is 2.70. The Kier molecular flexibility index (Phi) is 6.61. The summed E-state index contributed by atoms with van der Waals surface area (Å²) < 4.78 is 13.0. The van der Waals surface area contributed by atoms with Gasteiger partial charge in [0.1, 0.15) is 5.82 Å². The highest BCUT2D eigenvalue weighted by atomic mass is 19.1. The van der Waals surface area contributed by atoms with Crippen LogP contribution < -0.4 is 10.2 Å². The summed E-state index contributed by atoms with van der Waals surface area (Å²) in [5.41, 5.74) is 2.26. The van der Waals surface area contributed by atoms with Gasteiger partial charge in [0.15, 0.2) is 0 Å². The molecule has 0 aliphatic carbocycles. The number of benzene rings is 2. The fourth-order valence-corrected chi connectivity index (χ4v) is 3.23. The van der Waals surface area contributed by atoms with Crippen LogP contribution in [0.5, 0.6) is 0 Å². The van der Waals surface area contributed by atoms with E-state index in [2.05, 4.69) is 15.1 Å². The van der Waals surface area contributed by atoms with Crippen molar-refractivity contribution in [1.82, 2.24) is 10.2 Å². The summed E-state index contributed by atoms with van der Waals surface area (Å²) in [6, 6.07) is 16.8. The van der Waals surface area contributed by atoms with Gasteiger partial charge in [0.25, 0.3) is 0 Å². The van der Waals surface area contributed by atoms with E-state index in [4.69, 9.17) is 0 Å². The Morgan fingerprint density at radius 2 is 1.65 bits per heavy atom. The predicted molar refractivity (Wildman–Crippen MR) is 103 cm³/mol. The molecule has 1 amide bonds.